The molecule has 33 heavy (non-hydrogen) atoms. The molecule has 7 nitrogen and oxygen atoms in total. The van der Waals surface area contributed by atoms with E-state index in [4.69, 9.17) is 9.47 Å². The maximum absolute atomic E-state index is 12.7. The zero-order valence-corrected chi connectivity index (χ0v) is 20.2. The van der Waals surface area contributed by atoms with Gasteiger partial charge in [-0.05, 0) is 40.8 Å². The van der Waals surface area contributed by atoms with E-state index in [0.717, 1.165) is 17.0 Å². The molecule has 0 aliphatic heterocycles. The van der Waals surface area contributed by atoms with Gasteiger partial charge >= 0.3 is 0 Å². The average Bonchev–Trinajstić information content (AvgIpc) is 2.80. The third-order valence-corrected chi connectivity index (χ3v) is 6.56. The van der Waals surface area contributed by atoms with E-state index in [9.17, 15) is 13.2 Å². The number of nitrogens with zero attached hydrogens (tertiary/aromatic N) is 1. The maximum Gasteiger partial charge on any atom is 0.240 e. The second kappa shape index (κ2) is 10.6. The first-order chi connectivity index (χ1) is 15.7. The summed E-state index contributed by atoms with van der Waals surface area (Å²) in [6.45, 7) is 2.12. The van der Waals surface area contributed by atoms with Crippen molar-refractivity contribution in [3.63, 3.8) is 0 Å². The predicted octanol–water partition coefficient (Wildman–Crippen LogP) is 3.62. The third-order valence-electron chi connectivity index (χ3n) is 5.44. The quantitative estimate of drug-likeness (QED) is 0.489. The van der Waals surface area contributed by atoms with Crippen molar-refractivity contribution in [1.29, 1.82) is 0 Å². The highest BCUT2D eigenvalue weighted by Gasteiger charge is 2.25. The predicted molar refractivity (Wildman–Crippen MR) is 132 cm³/mol. The molecule has 0 radical (unpaired) electrons. The smallest absolute Gasteiger partial charge is 0.240 e. The lowest BCUT2D eigenvalue weighted by Gasteiger charge is -2.24. The topological polar surface area (TPSA) is 84.9 Å². The number of methoxy groups -OCH3 is 2. The lowest BCUT2D eigenvalue weighted by atomic mass is 9.96. The van der Waals surface area contributed by atoms with Crippen molar-refractivity contribution >= 4 is 32.4 Å². The molecule has 0 heterocycles. The fourth-order valence-corrected chi connectivity index (χ4v) is 4.62. The molecule has 0 saturated carbocycles. The zero-order chi connectivity index (χ0) is 24.0. The highest BCUT2D eigenvalue weighted by Crippen LogP contribution is 2.33. The minimum atomic E-state index is -3.75. The van der Waals surface area contributed by atoms with Crippen LogP contribution >= 0.6 is 0 Å². The Morgan fingerprint density at radius 1 is 1.03 bits per heavy atom. The molecule has 1 N–H and O–H groups in total. The molecule has 3 aromatic carbocycles. The highest BCUT2D eigenvalue weighted by molar-refractivity contribution is 7.92. The number of benzene rings is 3. The van der Waals surface area contributed by atoms with E-state index in [1.165, 1.54) is 36.6 Å². The largest absolute Gasteiger partial charge is 0.497 e. The third kappa shape index (κ3) is 6.16. The summed E-state index contributed by atoms with van der Waals surface area (Å²) in [6, 6.07) is 19.2. The number of nitrogens with one attached hydrogen (secondary N) is 1. The summed E-state index contributed by atoms with van der Waals surface area (Å²) in [5, 5.41) is 5.26. The Bertz CT molecular complexity index is 1220. The van der Waals surface area contributed by atoms with Gasteiger partial charge in [-0.1, -0.05) is 49.4 Å². The Hall–Kier alpha value is -3.26. The fraction of sp³-hybridized carbons (Fsp3) is 0.320. The van der Waals surface area contributed by atoms with Gasteiger partial charge < -0.3 is 14.8 Å². The Morgan fingerprint density at radius 2 is 1.76 bits per heavy atom. The first-order valence-electron chi connectivity index (χ1n) is 10.7. The molecule has 0 aliphatic carbocycles. The van der Waals surface area contributed by atoms with E-state index in [2.05, 4.69) is 36.5 Å². The number of hydrogen-bond acceptors (Lipinski definition) is 5. The highest BCUT2D eigenvalue weighted by atomic mass is 32.2. The standard InChI is InChI=1S/C25H30N2O5S/c1-18(14-20-10-7-9-19-8-5-6-11-22(19)20)16-26-25(28)17-27(33(4,29)30)23-15-21(31-2)12-13-24(23)32-3/h5-13,15,18H,14,16-17H2,1-4H3,(H,26,28). The molecule has 176 valence electrons. The van der Waals surface area contributed by atoms with Crippen LogP contribution in [0.2, 0.25) is 0 Å². The van der Waals surface area contributed by atoms with Crippen molar-refractivity contribution in [3.8, 4) is 11.5 Å². The summed E-state index contributed by atoms with van der Waals surface area (Å²) < 4.78 is 36.5. The van der Waals surface area contributed by atoms with Gasteiger partial charge in [-0.2, -0.15) is 0 Å². The van der Waals surface area contributed by atoms with Crippen LogP contribution in [0.25, 0.3) is 10.8 Å². The van der Waals surface area contributed by atoms with Crippen LogP contribution in [0.15, 0.2) is 60.7 Å². The molecule has 0 aromatic heterocycles. The molecule has 0 saturated heterocycles. The van der Waals surface area contributed by atoms with Crippen LogP contribution in [0.3, 0.4) is 0 Å². The summed E-state index contributed by atoms with van der Waals surface area (Å²) in [5.41, 5.74) is 1.46. The number of sulfonamides is 1. The van der Waals surface area contributed by atoms with Gasteiger partial charge in [-0.25, -0.2) is 8.42 Å². The second-order valence-electron chi connectivity index (χ2n) is 8.06. The molecule has 3 aromatic rings. The molecule has 0 bridgehead atoms. The number of carbonyl (C=O) groups is 1. The van der Waals surface area contributed by atoms with Crippen molar-refractivity contribution in [1.82, 2.24) is 5.32 Å². The Balaban J connectivity index is 1.69. The van der Waals surface area contributed by atoms with Crippen LogP contribution < -0.4 is 19.1 Å². The van der Waals surface area contributed by atoms with Gasteiger partial charge in [0, 0.05) is 12.6 Å². The van der Waals surface area contributed by atoms with E-state index in [-0.39, 0.29) is 18.2 Å². The van der Waals surface area contributed by atoms with Gasteiger partial charge in [0.15, 0.2) is 0 Å². The van der Waals surface area contributed by atoms with E-state index in [1.807, 2.05) is 18.2 Å². The van der Waals surface area contributed by atoms with E-state index < -0.39 is 15.9 Å². The zero-order valence-electron chi connectivity index (χ0n) is 19.4. The number of amides is 1. The summed E-state index contributed by atoms with van der Waals surface area (Å²) >= 11 is 0. The number of rotatable bonds is 10. The van der Waals surface area contributed by atoms with Crippen molar-refractivity contribution in [2.75, 3.05) is 37.9 Å². The van der Waals surface area contributed by atoms with Gasteiger partial charge in [0.2, 0.25) is 15.9 Å². The van der Waals surface area contributed by atoms with E-state index in [1.54, 1.807) is 12.1 Å². The molecule has 3 rings (SSSR count). The molecular weight excluding hydrogens is 440 g/mol. The van der Waals surface area contributed by atoms with Crippen LogP contribution in [0, 0.1) is 5.92 Å². The van der Waals surface area contributed by atoms with Crippen molar-refractivity contribution in [2.24, 2.45) is 5.92 Å². The first kappa shape index (κ1) is 24.4. The number of fused-ring (bicyclic) bond motifs is 1. The van der Waals surface area contributed by atoms with Crippen LogP contribution in [0.5, 0.6) is 11.5 Å². The molecule has 1 unspecified atom stereocenters. The summed E-state index contributed by atoms with van der Waals surface area (Å²) in [7, 11) is -0.813. The van der Waals surface area contributed by atoms with Crippen LogP contribution in [-0.2, 0) is 21.2 Å². The fourth-order valence-electron chi connectivity index (χ4n) is 3.77. The van der Waals surface area contributed by atoms with Crippen LogP contribution in [-0.4, -0.2) is 47.9 Å². The van der Waals surface area contributed by atoms with E-state index >= 15 is 0 Å². The summed E-state index contributed by atoms with van der Waals surface area (Å²) in [4.78, 5) is 12.7. The van der Waals surface area contributed by atoms with Gasteiger partial charge in [0.05, 0.1) is 26.2 Å². The first-order valence-corrected chi connectivity index (χ1v) is 12.5. The molecular formula is C25H30N2O5S. The molecule has 0 aliphatic rings. The second-order valence-corrected chi connectivity index (χ2v) is 9.97. The van der Waals surface area contributed by atoms with Crippen molar-refractivity contribution in [2.45, 2.75) is 13.3 Å². The maximum atomic E-state index is 12.7. The Labute approximate surface area is 195 Å². The minimum Gasteiger partial charge on any atom is -0.497 e. The number of hydrogen-bond donors (Lipinski definition) is 1. The molecule has 0 fully saturated rings. The van der Waals surface area contributed by atoms with Gasteiger partial charge in [-0.15, -0.1) is 0 Å². The van der Waals surface area contributed by atoms with Crippen LogP contribution in [0.1, 0.15) is 12.5 Å². The number of carbonyl (C=O) groups excluding carboxylic acids is 1. The molecule has 8 heteroatoms. The number of ether oxygens (including phenoxy) is 2. The van der Waals surface area contributed by atoms with Gasteiger partial charge in [-0.3, -0.25) is 9.10 Å². The van der Waals surface area contributed by atoms with Crippen molar-refractivity contribution < 1.29 is 22.7 Å². The van der Waals surface area contributed by atoms with Crippen molar-refractivity contribution in [3.05, 3.63) is 66.2 Å². The minimum absolute atomic E-state index is 0.165. The molecule has 0 spiro atoms. The monoisotopic (exact) mass is 470 g/mol. The summed E-state index contributed by atoms with van der Waals surface area (Å²) in [6.07, 6.45) is 1.85. The molecule has 1 atom stereocenters. The van der Waals surface area contributed by atoms with Gasteiger partial charge in [0.1, 0.15) is 18.0 Å². The van der Waals surface area contributed by atoms with E-state index in [0.29, 0.717) is 18.0 Å². The lowest BCUT2D eigenvalue weighted by molar-refractivity contribution is -0.119. The van der Waals surface area contributed by atoms with Gasteiger partial charge in [0.25, 0.3) is 0 Å². The summed E-state index contributed by atoms with van der Waals surface area (Å²) in [5.74, 6) is 0.565. The normalized spacial score (nSPS) is 12.2. The SMILES string of the molecule is COc1ccc(OC)c(N(CC(=O)NCC(C)Cc2cccc3ccccc23)S(C)(=O)=O)c1. The lowest BCUT2D eigenvalue weighted by Crippen LogP contribution is -2.41. The Kier molecular flexibility index (Phi) is 7.81. The van der Waals surface area contributed by atoms with Crippen LogP contribution in [0.4, 0.5) is 5.69 Å². The Morgan fingerprint density at radius 3 is 2.45 bits per heavy atom. The molecule has 1 amide bonds. The number of anilines is 1. The average molecular weight is 471 g/mol.